The van der Waals surface area contributed by atoms with E-state index >= 15 is 0 Å². The van der Waals surface area contributed by atoms with Gasteiger partial charge in [0.1, 0.15) is 19.0 Å². The molecule has 2 aromatic rings. The molecule has 1 atom stereocenters. The number of carbonyl (C=O) groups is 2. The van der Waals surface area contributed by atoms with Gasteiger partial charge in [-0.2, -0.15) is 0 Å². The molecule has 0 saturated heterocycles. The maximum atomic E-state index is 12.2. The van der Waals surface area contributed by atoms with E-state index in [4.69, 9.17) is 10.5 Å². The average molecular weight is 288 g/mol. The highest BCUT2D eigenvalue weighted by atomic mass is 16.6. The molecule has 0 radical (unpaired) electrons. The topological polar surface area (TPSA) is 90.5 Å². The van der Waals surface area contributed by atoms with Gasteiger partial charge in [0.05, 0.1) is 0 Å². The van der Waals surface area contributed by atoms with Gasteiger partial charge in [-0.05, 0) is 12.5 Å². The number of rotatable bonds is 5. The number of hydrogen-bond donors (Lipinski definition) is 1. The van der Waals surface area contributed by atoms with Gasteiger partial charge in [0.2, 0.25) is 5.91 Å². The molecular formula is C14H16N4O3. The Bertz CT molecular complexity index is 598. The van der Waals surface area contributed by atoms with Crippen LogP contribution in [-0.4, -0.2) is 27.7 Å². The van der Waals surface area contributed by atoms with Gasteiger partial charge in [0.25, 0.3) is 0 Å². The van der Waals surface area contributed by atoms with Crippen molar-refractivity contribution >= 4 is 12.0 Å². The molecule has 1 aromatic carbocycles. The van der Waals surface area contributed by atoms with Crippen molar-refractivity contribution < 1.29 is 14.3 Å². The van der Waals surface area contributed by atoms with Gasteiger partial charge in [-0.15, -0.1) is 0 Å². The van der Waals surface area contributed by atoms with Gasteiger partial charge in [0, 0.05) is 12.4 Å². The van der Waals surface area contributed by atoms with E-state index in [1.807, 2.05) is 30.3 Å². The zero-order valence-electron chi connectivity index (χ0n) is 11.5. The number of nitrogens with two attached hydrogens (primary N) is 1. The number of benzene rings is 1. The molecule has 1 aromatic heterocycles. The Morgan fingerprint density at radius 2 is 2.10 bits per heavy atom. The quantitative estimate of drug-likeness (QED) is 0.889. The number of imidazole rings is 1. The first-order chi connectivity index (χ1) is 10.1. The lowest BCUT2D eigenvalue weighted by atomic mass is 10.2. The van der Waals surface area contributed by atoms with Crippen LogP contribution in [0.3, 0.4) is 0 Å². The van der Waals surface area contributed by atoms with E-state index in [0.29, 0.717) is 0 Å². The van der Waals surface area contributed by atoms with E-state index in [9.17, 15) is 9.59 Å². The predicted octanol–water partition coefficient (Wildman–Crippen LogP) is 1.03. The molecule has 0 aliphatic heterocycles. The third-order valence-electron chi connectivity index (χ3n) is 2.91. The lowest BCUT2D eigenvalue weighted by Crippen LogP contribution is -2.52. The number of amides is 2. The zero-order chi connectivity index (χ0) is 15.2. The molecule has 0 aliphatic carbocycles. The fourth-order valence-electron chi connectivity index (χ4n) is 1.74. The maximum absolute atomic E-state index is 12.2. The van der Waals surface area contributed by atoms with Crippen LogP contribution in [0.2, 0.25) is 0 Å². The van der Waals surface area contributed by atoms with Crippen LogP contribution in [0.4, 0.5) is 4.79 Å². The van der Waals surface area contributed by atoms with E-state index in [1.54, 1.807) is 0 Å². The van der Waals surface area contributed by atoms with Crippen LogP contribution < -0.4 is 10.7 Å². The largest absolute Gasteiger partial charge is 0.443 e. The van der Waals surface area contributed by atoms with E-state index in [-0.39, 0.29) is 6.61 Å². The Kier molecular flexibility index (Phi) is 4.55. The first-order valence-corrected chi connectivity index (χ1v) is 6.37. The molecule has 7 nitrogen and oxygen atoms in total. The molecule has 21 heavy (non-hydrogen) atoms. The molecule has 0 fully saturated rings. The van der Waals surface area contributed by atoms with Gasteiger partial charge in [0.15, 0.2) is 0 Å². The summed E-state index contributed by atoms with van der Waals surface area (Å²) in [5.41, 5.74) is 6.12. The van der Waals surface area contributed by atoms with E-state index < -0.39 is 18.0 Å². The second-order valence-electron chi connectivity index (χ2n) is 4.41. The van der Waals surface area contributed by atoms with Crippen molar-refractivity contribution in [3.63, 3.8) is 0 Å². The van der Waals surface area contributed by atoms with Crippen LogP contribution in [0.25, 0.3) is 0 Å². The van der Waals surface area contributed by atoms with Crippen LogP contribution in [0.15, 0.2) is 49.1 Å². The Morgan fingerprint density at radius 1 is 1.38 bits per heavy atom. The minimum absolute atomic E-state index is 0.107. The van der Waals surface area contributed by atoms with Crippen molar-refractivity contribution in [1.29, 1.82) is 0 Å². The number of primary amides is 1. The molecule has 1 heterocycles. The summed E-state index contributed by atoms with van der Waals surface area (Å²) in [5.74, 6) is -0.639. The SMILES string of the molecule is CC(C(N)=O)N(C(=O)OCc1ccccc1)n1ccnc1. The Labute approximate surface area is 121 Å². The molecule has 2 rings (SSSR count). The first-order valence-electron chi connectivity index (χ1n) is 6.37. The zero-order valence-corrected chi connectivity index (χ0v) is 11.5. The summed E-state index contributed by atoms with van der Waals surface area (Å²) < 4.78 is 6.58. The molecule has 0 spiro atoms. The van der Waals surface area contributed by atoms with Crippen LogP contribution in [-0.2, 0) is 16.1 Å². The van der Waals surface area contributed by atoms with Crippen LogP contribution in [0, 0.1) is 0 Å². The van der Waals surface area contributed by atoms with E-state index in [0.717, 1.165) is 10.6 Å². The maximum Gasteiger partial charge on any atom is 0.430 e. The van der Waals surface area contributed by atoms with Crippen molar-refractivity contribution in [1.82, 2.24) is 9.66 Å². The molecule has 1 unspecified atom stereocenters. The Hall–Kier alpha value is -2.83. The highest BCUT2D eigenvalue weighted by Gasteiger charge is 2.27. The van der Waals surface area contributed by atoms with E-state index in [2.05, 4.69) is 4.98 Å². The van der Waals surface area contributed by atoms with Crippen molar-refractivity contribution in [2.24, 2.45) is 5.73 Å². The molecular weight excluding hydrogens is 272 g/mol. The normalized spacial score (nSPS) is 11.7. The minimum atomic E-state index is -0.859. The van der Waals surface area contributed by atoms with Gasteiger partial charge in [-0.3, -0.25) is 4.79 Å². The van der Waals surface area contributed by atoms with Crippen molar-refractivity contribution in [2.45, 2.75) is 19.6 Å². The smallest absolute Gasteiger partial charge is 0.430 e. The van der Waals surface area contributed by atoms with Crippen molar-refractivity contribution in [3.05, 3.63) is 54.6 Å². The molecule has 7 heteroatoms. The lowest BCUT2D eigenvalue weighted by molar-refractivity contribution is -0.119. The van der Waals surface area contributed by atoms with Crippen LogP contribution in [0.1, 0.15) is 12.5 Å². The summed E-state index contributed by atoms with van der Waals surface area (Å²) >= 11 is 0. The van der Waals surface area contributed by atoms with Crippen molar-refractivity contribution in [2.75, 3.05) is 5.01 Å². The minimum Gasteiger partial charge on any atom is -0.443 e. The number of ether oxygens (including phenoxy) is 1. The predicted molar refractivity (Wildman–Crippen MR) is 75.7 cm³/mol. The number of carbonyl (C=O) groups excluding carboxylic acids is 2. The summed E-state index contributed by atoms with van der Waals surface area (Å²) in [6.45, 7) is 1.63. The molecule has 2 amide bonds. The first kappa shape index (κ1) is 14.6. The van der Waals surface area contributed by atoms with Crippen LogP contribution in [0.5, 0.6) is 0 Å². The third kappa shape index (κ3) is 3.59. The summed E-state index contributed by atoms with van der Waals surface area (Å²) in [7, 11) is 0. The van der Waals surface area contributed by atoms with Crippen molar-refractivity contribution in [3.8, 4) is 0 Å². The second-order valence-corrected chi connectivity index (χ2v) is 4.41. The highest BCUT2D eigenvalue weighted by Crippen LogP contribution is 2.06. The molecule has 0 aliphatic rings. The van der Waals surface area contributed by atoms with Gasteiger partial charge in [-0.25, -0.2) is 19.5 Å². The standard InChI is InChI=1S/C14H16N4O3/c1-11(13(15)19)18(17-8-7-16-10-17)14(20)21-9-12-5-3-2-4-6-12/h2-8,10-11H,9H2,1H3,(H2,15,19). The summed E-state index contributed by atoms with van der Waals surface area (Å²) in [5, 5.41) is 1.11. The van der Waals surface area contributed by atoms with Gasteiger partial charge in [-0.1, -0.05) is 30.3 Å². The van der Waals surface area contributed by atoms with Gasteiger partial charge >= 0.3 is 6.09 Å². The second kappa shape index (κ2) is 6.56. The summed E-state index contributed by atoms with van der Waals surface area (Å²) in [6.07, 6.45) is 3.74. The molecule has 0 bridgehead atoms. The summed E-state index contributed by atoms with van der Waals surface area (Å²) in [4.78, 5) is 27.4. The number of hydrogen-bond acceptors (Lipinski definition) is 4. The van der Waals surface area contributed by atoms with Crippen LogP contribution >= 0.6 is 0 Å². The fraction of sp³-hybridized carbons (Fsp3) is 0.214. The molecule has 110 valence electrons. The number of nitrogens with zero attached hydrogens (tertiary/aromatic N) is 3. The van der Waals surface area contributed by atoms with Gasteiger partial charge < -0.3 is 10.5 Å². The molecule has 2 N–H and O–H groups in total. The fourth-order valence-corrected chi connectivity index (χ4v) is 1.74. The summed E-state index contributed by atoms with van der Waals surface area (Å²) in [6, 6.07) is 8.39. The lowest BCUT2D eigenvalue weighted by Gasteiger charge is -2.26. The Balaban J connectivity index is 2.10. The highest BCUT2D eigenvalue weighted by molar-refractivity contribution is 5.90. The third-order valence-corrected chi connectivity index (χ3v) is 2.91. The molecule has 0 saturated carbocycles. The Morgan fingerprint density at radius 3 is 2.67 bits per heavy atom. The monoisotopic (exact) mass is 288 g/mol. The van der Waals surface area contributed by atoms with E-state index in [1.165, 1.54) is 30.3 Å². The average Bonchev–Trinajstić information content (AvgIpc) is 3.00. The number of aromatic nitrogens is 2.